The number of hydrogen-bond acceptors (Lipinski definition) is 1. The zero-order chi connectivity index (χ0) is 12.3. The van der Waals surface area contributed by atoms with E-state index in [1.165, 1.54) is 24.8 Å². The average Bonchev–Trinajstić information content (AvgIpc) is 3.14. The van der Waals surface area contributed by atoms with Crippen LogP contribution < -0.4 is 5.32 Å². The summed E-state index contributed by atoms with van der Waals surface area (Å²) >= 11 is 5.96. The normalized spacial score (nSPS) is 19.0. The van der Waals surface area contributed by atoms with Crippen molar-refractivity contribution >= 4 is 11.6 Å². The lowest BCUT2D eigenvalue weighted by molar-refractivity contribution is 0.425. The molecule has 0 aromatic heterocycles. The summed E-state index contributed by atoms with van der Waals surface area (Å²) in [4.78, 5) is 0. The third-order valence-corrected chi connectivity index (χ3v) is 3.89. The van der Waals surface area contributed by atoms with Crippen LogP contribution in [0.2, 0.25) is 5.02 Å². The van der Waals surface area contributed by atoms with Gasteiger partial charge < -0.3 is 5.32 Å². The van der Waals surface area contributed by atoms with Gasteiger partial charge in [0.25, 0.3) is 0 Å². The van der Waals surface area contributed by atoms with Crippen LogP contribution in [0.15, 0.2) is 24.3 Å². The van der Waals surface area contributed by atoms with Crippen molar-refractivity contribution in [3.8, 4) is 0 Å². The van der Waals surface area contributed by atoms with Crippen molar-refractivity contribution in [2.45, 2.75) is 45.1 Å². The van der Waals surface area contributed by atoms with Gasteiger partial charge in [0.05, 0.1) is 0 Å². The standard InChI is InChI=1S/C15H22ClN/c1-3-10-17-11(2)15(12-4-5-12)13-6-8-14(16)9-7-13/h6-9,11-12,15,17H,3-5,10H2,1-2H3. The SMILES string of the molecule is CCCNC(C)C(c1ccc(Cl)cc1)C1CC1. The molecule has 0 heterocycles. The van der Waals surface area contributed by atoms with E-state index in [0.717, 1.165) is 17.5 Å². The zero-order valence-corrected chi connectivity index (χ0v) is 11.5. The minimum atomic E-state index is 0.559. The summed E-state index contributed by atoms with van der Waals surface area (Å²) in [6.07, 6.45) is 3.96. The third-order valence-electron chi connectivity index (χ3n) is 3.64. The highest BCUT2D eigenvalue weighted by Crippen LogP contribution is 2.44. The lowest BCUT2D eigenvalue weighted by Crippen LogP contribution is -2.33. The Labute approximate surface area is 110 Å². The second-order valence-corrected chi connectivity index (χ2v) is 5.59. The fraction of sp³-hybridized carbons (Fsp3) is 0.600. The minimum Gasteiger partial charge on any atom is -0.314 e. The molecule has 1 aromatic rings. The highest BCUT2D eigenvalue weighted by atomic mass is 35.5. The van der Waals surface area contributed by atoms with Crippen LogP contribution in [0.1, 0.15) is 44.6 Å². The molecular formula is C15H22ClN. The second kappa shape index (κ2) is 5.88. The first-order valence-electron chi connectivity index (χ1n) is 6.71. The Morgan fingerprint density at radius 2 is 1.94 bits per heavy atom. The molecule has 2 atom stereocenters. The molecule has 0 spiro atoms. The van der Waals surface area contributed by atoms with Gasteiger partial charge in [-0.3, -0.25) is 0 Å². The first-order valence-corrected chi connectivity index (χ1v) is 7.09. The van der Waals surface area contributed by atoms with Crippen molar-refractivity contribution in [1.29, 1.82) is 0 Å². The minimum absolute atomic E-state index is 0.559. The lowest BCUT2D eigenvalue weighted by atomic mass is 9.88. The van der Waals surface area contributed by atoms with Crippen molar-refractivity contribution in [3.63, 3.8) is 0 Å². The molecule has 2 unspecified atom stereocenters. The summed E-state index contributed by atoms with van der Waals surface area (Å²) in [5.41, 5.74) is 1.44. The van der Waals surface area contributed by atoms with Crippen molar-refractivity contribution < 1.29 is 0 Å². The van der Waals surface area contributed by atoms with Gasteiger partial charge in [-0.25, -0.2) is 0 Å². The summed E-state index contributed by atoms with van der Waals surface area (Å²) in [7, 11) is 0. The molecule has 2 heteroatoms. The van der Waals surface area contributed by atoms with Gasteiger partial charge in [0, 0.05) is 17.0 Å². The van der Waals surface area contributed by atoms with Gasteiger partial charge in [-0.05, 0) is 56.3 Å². The third kappa shape index (κ3) is 3.46. The summed E-state index contributed by atoms with van der Waals surface area (Å²) in [5, 5.41) is 4.46. The molecule has 2 rings (SSSR count). The van der Waals surface area contributed by atoms with Crippen LogP contribution in [-0.4, -0.2) is 12.6 Å². The molecule has 0 amide bonds. The van der Waals surface area contributed by atoms with Crippen LogP contribution in [0.25, 0.3) is 0 Å². The summed E-state index contributed by atoms with van der Waals surface area (Å²) < 4.78 is 0. The smallest absolute Gasteiger partial charge is 0.0406 e. The van der Waals surface area contributed by atoms with Crippen molar-refractivity contribution in [3.05, 3.63) is 34.9 Å². The van der Waals surface area contributed by atoms with E-state index in [9.17, 15) is 0 Å². The molecule has 1 fully saturated rings. The molecule has 1 aromatic carbocycles. The first-order chi connectivity index (χ1) is 8.22. The maximum absolute atomic E-state index is 5.96. The number of benzene rings is 1. The van der Waals surface area contributed by atoms with Crippen molar-refractivity contribution in [2.24, 2.45) is 5.92 Å². The highest BCUT2D eigenvalue weighted by Gasteiger charge is 2.35. The molecule has 0 bridgehead atoms. The number of halogens is 1. The van der Waals surface area contributed by atoms with Crippen molar-refractivity contribution in [2.75, 3.05) is 6.54 Å². The summed E-state index contributed by atoms with van der Waals surface area (Å²) in [6.45, 7) is 5.64. The summed E-state index contributed by atoms with van der Waals surface area (Å²) in [5.74, 6) is 1.52. The van der Waals surface area contributed by atoms with Crippen LogP contribution in [0.5, 0.6) is 0 Å². The largest absolute Gasteiger partial charge is 0.314 e. The summed E-state index contributed by atoms with van der Waals surface area (Å²) in [6, 6.07) is 8.96. The van der Waals surface area contributed by atoms with Crippen LogP contribution in [0, 0.1) is 5.92 Å². The predicted octanol–water partition coefficient (Wildman–Crippen LogP) is 4.22. The number of rotatable bonds is 6. The molecule has 1 saturated carbocycles. The van der Waals surface area contributed by atoms with Crippen LogP contribution in [0.4, 0.5) is 0 Å². The Balaban J connectivity index is 2.08. The second-order valence-electron chi connectivity index (χ2n) is 5.16. The Hall–Kier alpha value is -0.530. The highest BCUT2D eigenvalue weighted by molar-refractivity contribution is 6.30. The molecular weight excluding hydrogens is 230 g/mol. The monoisotopic (exact) mass is 251 g/mol. The van der Waals surface area contributed by atoms with Gasteiger partial charge in [0.15, 0.2) is 0 Å². The number of nitrogens with one attached hydrogen (secondary N) is 1. The van der Waals surface area contributed by atoms with Crippen LogP contribution in [0.3, 0.4) is 0 Å². The van der Waals surface area contributed by atoms with Gasteiger partial charge in [-0.2, -0.15) is 0 Å². The van der Waals surface area contributed by atoms with E-state index in [0.29, 0.717) is 12.0 Å². The van der Waals surface area contributed by atoms with Gasteiger partial charge >= 0.3 is 0 Å². The van der Waals surface area contributed by atoms with Crippen LogP contribution >= 0.6 is 11.6 Å². The topological polar surface area (TPSA) is 12.0 Å². The van der Waals surface area contributed by atoms with Gasteiger partial charge in [0.1, 0.15) is 0 Å². The number of hydrogen-bond donors (Lipinski definition) is 1. The quantitative estimate of drug-likeness (QED) is 0.798. The van der Waals surface area contributed by atoms with Crippen LogP contribution in [-0.2, 0) is 0 Å². The molecule has 17 heavy (non-hydrogen) atoms. The van der Waals surface area contributed by atoms with E-state index in [2.05, 4.69) is 31.3 Å². The molecule has 0 saturated heterocycles. The molecule has 1 aliphatic rings. The predicted molar refractivity (Wildman–Crippen MR) is 74.7 cm³/mol. The maximum Gasteiger partial charge on any atom is 0.0406 e. The molecule has 94 valence electrons. The van der Waals surface area contributed by atoms with E-state index >= 15 is 0 Å². The first kappa shape index (κ1) is 12.9. The lowest BCUT2D eigenvalue weighted by Gasteiger charge is -2.25. The molecule has 0 radical (unpaired) electrons. The van der Waals surface area contributed by atoms with E-state index < -0.39 is 0 Å². The Bertz CT molecular complexity index is 342. The molecule has 1 aliphatic carbocycles. The fourth-order valence-corrected chi connectivity index (χ4v) is 2.73. The zero-order valence-electron chi connectivity index (χ0n) is 10.7. The Kier molecular flexibility index (Phi) is 4.47. The van der Waals surface area contributed by atoms with E-state index in [1.807, 2.05) is 12.1 Å². The molecule has 1 nitrogen and oxygen atoms in total. The van der Waals surface area contributed by atoms with Gasteiger partial charge in [0.2, 0.25) is 0 Å². The molecule has 0 aliphatic heterocycles. The van der Waals surface area contributed by atoms with Crippen molar-refractivity contribution in [1.82, 2.24) is 5.32 Å². The molecule has 1 N–H and O–H groups in total. The van der Waals surface area contributed by atoms with E-state index in [4.69, 9.17) is 11.6 Å². The van der Waals surface area contributed by atoms with Gasteiger partial charge in [-0.15, -0.1) is 0 Å². The Morgan fingerprint density at radius 3 is 2.47 bits per heavy atom. The Morgan fingerprint density at radius 1 is 1.29 bits per heavy atom. The van der Waals surface area contributed by atoms with E-state index in [1.54, 1.807) is 0 Å². The van der Waals surface area contributed by atoms with E-state index in [-0.39, 0.29) is 0 Å². The fourth-order valence-electron chi connectivity index (χ4n) is 2.61. The van der Waals surface area contributed by atoms with Gasteiger partial charge in [-0.1, -0.05) is 30.7 Å². The maximum atomic E-state index is 5.96. The average molecular weight is 252 g/mol.